The highest BCUT2D eigenvalue weighted by atomic mass is 16.3. The highest BCUT2D eigenvalue weighted by Crippen LogP contribution is 2.38. The van der Waals surface area contributed by atoms with Crippen molar-refractivity contribution in [2.24, 2.45) is 9.98 Å². The number of phenols is 2. The van der Waals surface area contributed by atoms with Crippen molar-refractivity contribution < 1.29 is 10.2 Å². The van der Waals surface area contributed by atoms with Crippen molar-refractivity contribution in [3.8, 4) is 11.5 Å². The molecule has 2 N–H and O–H groups in total. The molecule has 2 aromatic carbocycles. The molecule has 0 radical (unpaired) electrons. The molecule has 4 nitrogen and oxygen atoms in total. The third kappa shape index (κ3) is 7.03. The summed E-state index contributed by atoms with van der Waals surface area (Å²) in [5, 5.41) is 22.1. The lowest BCUT2D eigenvalue weighted by atomic mass is 9.79. The summed E-state index contributed by atoms with van der Waals surface area (Å²) >= 11 is 0. The molecule has 2 unspecified atom stereocenters. The summed E-state index contributed by atoms with van der Waals surface area (Å²) < 4.78 is 0. The maximum absolute atomic E-state index is 11.2. The second-order valence-electron chi connectivity index (χ2n) is 13.9. The Hall–Kier alpha value is -2.62. The van der Waals surface area contributed by atoms with Crippen molar-refractivity contribution in [1.82, 2.24) is 0 Å². The molecule has 0 amide bonds. The van der Waals surface area contributed by atoms with Crippen LogP contribution in [0.5, 0.6) is 11.5 Å². The van der Waals surface area contributed by atoms with Crippen molar-refractivity contribution >= 4 is 12.4 Å². The lowest BCUT2D eigenvalue weighted by Crippen LogP contribution is -2.27. The maximum Gasteiger partial charge on any atom is 0.128 e. The van der Waals surface area contributed by atoms with Crippen LogP contribution in [0.15, 0.2) is 34.3 Å². The van der Waals surface area contributed by atoms with Gasteiger partial charge < -0.3 is 10.2 Å². The lowest BCUT2D eigenvalue weighted by molar-refractivity contribution is 0.389. The number of phenolic OH excluding ortho intramolecular Hbond substituents is 2. The van der Waals surface area contributed by atoms with Gasteiger partial charge in [-0.05, 0) is 59.3 Å². The van der Waals surface area contributed by atoms with Crippen LogP contribution < -0.4 is 0 Å². The van der Waals surface area contributed by atoms with Gasteiger partial charge in [0.1, 0.15) is 11.5 Å². The number of aliphatic imine (C=N–C) groups is 2. The summed E-state index contributed by atoms with van der Waals surface area (Å²) in [6, 6.07) is 8.38. The molecule has 37 heavy (non-hydrogen) atoms. The van der Waals surface area contributed by atoms with Crippen molar-refractivity contribution in [3.63, 3.8) is 0 Å². The average molecular weight is 505 g/mol. The molecule has 0 heterocycles. The van der Waals surface area contributed by atoms with E-state index in [0.29, 0.717) is 11.5 Å². The minimum atomic E-state index is -0.173. The van der Waals surface area contributed by atoms with E-state index in [2.05, 4.69) is 87.4 Å². The molecule has 2 atom stereocenters. The Morgan fingerprint density at radius 3 is 1.51 bits per heavy atom. The van der Waals surface area contributed by atoms with Crippen LogP contribution in [0.25, 0.3) is 0 Å². The van der Waals surface area contributed by atoms with Crippen LogP contribution in [-0.2, 0) is 16.2 Å². The third-order valence-electron chi connectivity index (χ3n) is 7.41. The monoisotopic (exact) mass is 504 g/mol. The highest BCUT2D eigenvalue weighted by Gasteiger charge is 2.27. The zero-order valence-corrected chi connectivity index (χ0v) is 24.7. The molecule has 0 bridgehead atoms. The average Bonchev–Trinajstić information content (AvgIpc) is 2.77. The molecule has 0 spiro atoms. The van der Waals surface area contributed by atoms with Gasteiger partial charge in [-0.3, -0.25) is 9.98 Å². The van der Waals surface area contributed by atoms with E-state index in [-0.39, 0.29) is 28.3 Å². The van der Waals surface area contributed by atoms with Crippen molar-refractivity contribution in [2.45, 2.75) is 123 Å². The van der Waals surface area contributed by atoms with E-state index in [1.807, 2.05) is 18.5 Å². The molecular weight excluding hydrogens is 456 g/mol. The Morgan fingerprint density at radius 2 is 1.08 bits per heavy atom. The minimum Gasteiger partial charge on any atom is -0.507 e. The SMILES string of the molecule is Cc1cc(C=NC2CCCCC2N=Cc2cc(C(C)(C)C)cc(C(C)(C)C)c2O)c(O)c(C(C)(C)C)c1. The minimum absolute atomic E-state index is 0.0321. The summed E-state index contributed by atoms with van der Waals surface area (Å²) in [6.07, 6.45) is 7.89. The number of aromatic hydroxyl groups is 2. The summed E-state index contributed by atoms with van der Waals surface area (Å²) in [4.78, 5) is 9.94. The van der Waals surface area contributed by atoms with Crippen LogP contribution in [0.3, 0.4) is 0 Å². The molecule has 202 valence electrons. The number of rotatable bonds is 4. The standard InChI is InChI=1S/C33H48N2O2/c1-21-15-22(29(36)25(16-21)32(5,6)7)19-34-27-13-11-12-14-28(27)35-20-23-17-24(31(2,3)4)18-26(30(23)37)33(8,9)10/h15-20,27-28,36-37H,11-14H2,1-10H3. The van der Waals surface area contributed by atoms with E-state index >= 15 is 0 Å². The maximum atomic E-state index is 11.2. The second kappa shape index (κ2) is 10.6. The molecule has 1 aliphatic carbocycles. The van der Waals surface area contributed by atoms with Gasteiger partial charge in [0, 0.05) is 34.7 Å². The third-order valence-corrected chi connectivity index (χ3v) is 7.41. The van der Waals surface area contributed by atoms with E-state index in [1.54, 1.807) is 0 Å². The van der Waals surface area contributed by atoms with Crippen LogP contribution in [0.1, 0.15) is 121 Å². The van der Waals surface area contributed by atoms with E-state index in [0.717, 1.165) is 53.5 Å². The number of benzene rings is 2. The van der Waals surface area contributed by atoms with Crippen molar-refractivity contribution in [3.05, 3.63) is 57.6 Å². The Labute approximate surface area is 225 Å². The van der Waals surface area contributed by atoms with E-state index in [9.17, 15) is 10.2 Å². The van der Waals surface area contributed by atoms with Gasteiger partial charge in [0.2, 0.25) is 0 Å². The summed E-state index contributed by atoms with van der Waals surface area (Å²) in [6.45, 7) is 21.4. The summed E-state index contributed by atoms with van der Waals surface area (Å²) in [5.41, 5.74) is 5.39. The van der Waals surface area contributed by atoms with Crippen molar-refractivity contribution in [1.29, 1.82) is 0 Å². The normalized spacial score (nSPS) is 19.7. The van der Waals surface area contributed by atoms with Crippen LogP contribution >= 0.6 is 0 Å². The fourth-order valence-electron chi connectivity index (χ4n) is 5.03. The lowest BCUT2D eigenvalue weighted by Gasteiger charge is -2.28. The molecular formula is C33H48N2O2. The predicted octanol–water partition coefficient (Wildman–Crippen LogP) is 8.15. The fourth-order valence-corrected chi connectivity index (χ4v) is 5.03. The first-order chi connectivity index (χ1) is 17.0. The van der Waals surface area contributed by atoms with Crippen LogP contribution in [-0.4, -0.2) is 34.7 Å². The summed E-state index contributed by atoms with van der Waals surface area (Å²) in [7, 11) is 0. The molecule has 2 aromatic rings. The Bertz CT molecular complexity index is 1170. The first-order valence-corrected chi connectivity index (χ1v) is 13.8. The van der Waals surface area contributed by atoms with E-state index in [4.69, 9.17) is 9.98 Å². The van der Waals surface area contributed by atoms with Gasteiger partial charge in [-0.25, -0.2) is 0 Å². The largest absolute Gasteiger partial charge is 0.507 e. The van der Waals surface area contributed by atoms with Gasteiger partial charge in [0.25, 0.3) is 0 Å². The van der Waals surface area contributed by atoms with E-state index < -0.39 is 0 Å². The molecule has 0 aliphatic heterocycles. The van der Waals surface area contributed by atoms with E-state index in [1.165, 1.54) is 5.56 Å². The molecule has 1 saturated carbocycles. The molecule has 0 aromatic heterocycles. The van der Waals surface area contributed by atoms with Crippen LogP contribution in [0.2, 0.25) is 0 Å². The number of hydrogen-bond acceptors (Lipinski definition) is 4. The quantitative estimate of drug-likeness (QED) is 0.413. The van der Waals surface area contributed by atoms with Crippen LogP contribution in [0.4, 0.5) is 0 Å². The molecule has 0 saturated heterocycles. The molecule has 3 rings (SSSR count). The fraction of sp³-hybridized carbons (Fsp3) is 0.576. The first kappa shape index (κ1) is 28.9. The number of nitrogens with zero attached hydrogens (tertiary/aromatic N) is 2. The molecule has 4 heteroatoms. The van der Waals surface area contributed by atoms with Gasteiger partial charge in [-0.2, -0.15) is 0 Å². The number of aryl methyl sites for hydroxylation is 1. The van der Waals surface area contributed by atoms with Gasteiger partial charge in [0.05, 0.1) is 12.1 Å². The molecule has 1 aliphatic rings. The Morgan fingerprint density at radius 1 is 0.649 bits per heavy atom. The number of hydrogen-bond donors (Lipinski definition) is 2. The Kier molecular flexibility index (Phi) is 8.32. The van der Waals surface area contributed by atoms with Gasteiger partial charge >= 0.3 is 0 Å². The zero-order valence-electron chi connectivity index (χ0n) is 24.7. The summed E-state index contributed by atoms with van der Waals surface area (Å²) in [5.74, 6) is 0.635. The second-order valence-corrected chi connectivity index (χ2v) is 13.9. The van der Waals surface area contributed by atoms with Gasteiger partial charge in [-0.15, -0.1) is 0 Å². The Balaban J connectivity index is 1.95. The van der Waals surface area contributed by atoms with Gasteiger partial charge in [-0.1, -0.05) is 87.3 Å². The van der Waals surface area contributed by atoms with Crippen LogP contribution in [0, 0.1) is 6.92 Å². The van der Waals surface area contributed by atoms with Crippen molar-refractivity contribution in [2.75, 3.05) is 0 Å². The smallest absolute Gasteiger partial charge is 0.128 e. The zero-order chi connectivity index (χ0) is 27.8. The van der Waals surface area contributed by atoms with Gasteiger partial charge in [0.15, 0.2) is 0 Å². The molecule has 1 fully saturated rings. The highest BCUT2D eigenvalue weighted by molar-refractivity contribution is 5.86. The topological polar surface area (TPSA) is 65.2 Å². The predicted molar refractivity (Wildman–Crippen MR) is 158 cm³/mol. The first-order valence-electron chi connectivity index (χ1n) is 13.8.